The Labute approximate surface area is 81.8 Å². The van der Waals surface area contributed by atoms with Crippen molar-refractivity contribution in [3.8, 4) is 5.75 Å². The molecule has 2 N–H and O–H groups in total. The van der Waals surface area contributed by atoms with E-state index < -0.39 is 12.1 Å². The lowest BCUT2D eigenvalue weighted by atomic mass is 10.0. The molecule has 0 aliphatic rings. The number of carbonyl (C=O) groups is 1. The van der Waals surface area contributed by atoms with Gasteiger partial charge in [0.1, 0.15) is 5.75 Å². The fraction of sp³-hybridized carbons (Fsp3) is 0.300. The number of aliphatic hydroxyl groups is 1. The minimum Gasteiger partial charge on any atom is -0.508 e. The number of aromatic hydroxyl groups is 1. The molecular formula is C10H12O4. The molecule has 0 aromatic heterocycles. The van der Waals surface area contributed by atoms with Crippen molar-refractivity contribution in [3.05, 3.63) is 29.3 Å². The van der Waals surface area contributed by atoms with E-state index in [2.05, 4.69) is 4.74 Å². The van der Waals surface area contributed by atoms with E-state index in [1.807, 2.05) is 0 Å². The highest BCUT2D eigenvalue weighted by Gasteiger charge is 2.20. The van der Waals surface area contributed by atoms with Crippen LogP contribution in [0.2, 0.25) is 0 Å². The molecule has 1 aromatic carbocycles. The Hall–Kier alpha value is -1.55. The van der Waals surface area contributed by atoms with Crippen LogP contribution in [0.3, 0.4) is 0 Å². The summed E-state index contributed by atoms with van der Waals surface area (Å²) in [6.45, 7) is 1.62. The summed E-state index contributed by atoms with van der Waals surface area (Å²) in [4.78, 5) is 11.0. The molecule has 76 valence electrons. The van der Waals surface area contributed by atoms with Gasteiger partial charge in [-0.25, -0.2) is 4.79 Å². The van der Waals surface area contributed by atoms with Gasteiger partial charge in [0.25, 0.3) is 0 Å². The molecule has 4 heteroatoms. The van der Waals surface area contributed by atoms with Gasteiger partial charge in [-0.2, -0.15) is 0 Å². The fourth-order valence-electron chi connectivity index (χ4n) is 1.18. The number of phenols is 1. The molecular weight excluding hydrogens is 184 g/mol. The predicted octanol–water partition coefficient (Wildman–Crippen LogP) is 0.907. The van der Waals surface area contributed by atoms with Crippen LogP contribution in [0, 0.1) is 6.92 Å². The number of hydrogen-bond acceptors (Lipinski definition) is 4. The van der Waals surface area contributed by atoms with Gasteiger partial charge in [0.2, 0.25) is 0 Å². The van der Waals surface area contributed by atoms with Gasteiger partial charge in [-0.05, 0) is 24.1 Å². The number of phenolic OH excluding ortho intramolecular Hbond substituents is 1. The minimum absolute atomic E-state index is 0.0467. The van der Waals surface area contributed by atoms with E-state index in [4.69, 9.17) is 0 Å². The first-order chi connectivity index (χ1) is 6.57. The number of rotatable bonds is 2. The molecule has 14 heavy (non-hydrogen) atoms. The molecule has 0 spiro atoms. The van der Waals surface area contributed by atoms with Crippen molar-refractivity contribution in [1.82, 2.24) is 0 Å². The van der Waals surface area contributed by atoms with Crippen LogP contribution in [0.1, 0.15) is 17.2 Å². The Bertz CT molecular complexity index is 346. The third-order valence-corrected chi connectivity index (χ3v) is 2.07. The second-order valence-electron chi connectivity index (χ2n) is 2.92. The van der Waals surface area contributed by atoms with E-state index in [1.165, 1.54) is 13.2 Å². The van der Waals surface area contributed by atoms with Crippen LogP contribution in [0.4, 0.5) is 0 Å². The third kappa shape index (κ3) is 1.85. The molecule has 1 atom stereocenters. The summed E-state index contributed by atoms with van der Waals surface area (Å²) in [6.07, 6.45) is -1.34. The Balaban J connectivity index is 3.07. The number of carbonyl (C=O) groups excluding carboxylic acids is 1. The van der Waals surface area contributed by atoms with Gasteiger partial charge in [0.15, 0.2) is 6.10 Å². The zero-order valence-electron chi connectivity index (χ0n) is 8.02. The van der Waals surface area contributed by atoms with Gasteiger partial charge in [-0.1, -0.05) is 12.1 Å². The first-order valence-electron chi connectivity index (χ1n) is 4.12. The van der Waals surface area contributed by atoms with E-state index in [0.717, 1.165) is 0 Å². The highest BCUT2D eigenvalue weighted by molar-refractivity contribution is 5.76. The Morgan fingerprint density at radius 3 is 2.71 bits per heavy atom. The van der Waals surface area contributed by atoms with E-state index in [0.29, 0.717) is 11.1 Å². The minimum atomic E-state index is -1.34. The number of methoxy groups -OCH3 is 1. The number of esters is 1. The van der Waals surface area contributed by atoms with Crippen LogP contribution >= 0.6 is 0 Å². The smallest absolute Gasteiger partial charge is 0.339 e. The van der Waals surface area contributed by atoms with Crippen LogP contribution in [-0.2, 0) is 9.53 Å². The van der Waals surface area contributed by atoms with Crippen molar-refractivity contribution in [1.29, 1.82) is 0 Å². The second kappa shape index (κ2) is 4.11. The van der Waals surface area contributed by atoms with Crippen LogP contribution in [0.5, 0.6) is 5.75 Å². The topological polar surface area (TPSA) is 66.8 Å². The highest BCUT2D eigenvalue weighted by Crippen LogP contribution is 2.25. The zero-order chi connectivity index (χ0) is 10.7. The molecule has 0 aliphatic carbocycles. The summed E-state index contributed by atoms with van der Waals surface area (Å²) in [5.74, 6) is -0.691. The lowest BCUT2D eigenvalue weighted by molar-refractivity contribution is -0.150. The van der Waals surface area contributed by atoms with E-state index >= 15 is 0 Å². The quantitative estimate of drug-likeness (QED) is 0.690. The molecule has 0 amide bonds. The molecule has 0 radical (unpaired) electrons. The van der Waals surface area contributed by atoms with Crippen LogP contribution in [-0.4, -0.2) is 23.3 Å². The summed E-state index contributed by atoms with van der Waals surface area (Å²) in [7, 11) is 1.20. The van der Waals surface area contributed by atoms with Gasteiger partial charge >= 0.3 is 5.97 Å². The van der Waals surface area contributed by atoms with E-state index in [-0.39, 0.29) is 5.75 Å². The Morgan fingerprint density at radius 1 is 1.50 bits per heavy atom. The van der Waals surface area contributed by atoms with Crippen LogP contribution in [0.25, 0.3) is 0 Å². The summed E-state index contributed by atoms with van der Waals surface area (Å²) < 4.78 is 4.39. The van der Waals surface area contributed by atoms with Crippen molar-refractivity contribution >= 4 is 5.97 Å². The molecule has 0 fully saturated rings. The van der Waals surface area contributed by atoms with Crippen molar-refractivity contribution in [2.75, 3.05) is 7.11 Å². The largest absolute Gasteiger partial charge is 0.508 e. The normalized spacial score (nSPS) is 12.2. The number of ether oxygens (including phenoxy) is 1. The molecule has 0 aliphatic heterocycles. The van der Waals surface area contributed by atoms with Gasteiger partial charge in [0, 0.05) is 0 Å². The van der Waals surface area contributed by atoms with E-state index in [1.54, 1.807) is 19.1 Å². The number of aliphatic hydroxyl groups excluding tert-OH is 1. The van der Waals surface area contributed by atoms with Gasteiger partial charge < -0.3 is 14.9 Å². The summed E-state index contributed by atoms with van der Waals surface area (Å²) in [5.41, 5.74) is 0.835. The molecule has 0 heterocycles. The predicted molar refractivity (Wildman–Crippen MR) is 49.8 cm³/mol. The van der Waals surface area contributed by atoms with Crippen molar-refractivity contribution < 1.29 is 19.7 Å². The van der Waals surface area contributed by atoms with Crippen molar-refractivity contribution in [2.24, 2.45) is 0 Å². The maximum atomic E-state index is 11.0. The molecule has 1 rings (SSSR count). The lowest BCUT2D eigenvalue weighted by Crippen LogP contribution is -2.14. The SMILES string of the molecule is COC(=O)C(O)c1cccc(O)c1C. The molecule has 4 nitrogen and oxygen atoms in total. The first kappa shape index (κ1) is 10.5. The molecule has 0 saturated heterocycles. The van der Waals surface area contributed by atoms with Crippen molar-refractivity contribution in [3.63, 3.8) is 0 Å². The van der Waals surface area contributed by atoms with Gasteiger partial charge in [0.05, 0.1) is 7.11 Å². The summed E-state index contributed by atoms with van der Waals surface area (Å²) >= 11 is 0. The summed E-state index contributed by atoms with van der Waals surface area (Å²) in [5, 5.41) is 18.8. The zero-order valence-corrected chi connectivity index (χ0v) is 8.02. The maximum Gasteiger partial charge on any atom is 0.339 e. The Morgan fingerprint density at radius 2 is 2.14 bits per heavy atom. The highest BCUT2D eigenvalue weighted by atomic mass is 16.5. The molecule has 0 saturated carbocycles. The monoisotopic (exact) mass is 196 g/mol. The molecule has 1 unspecified atom stereocenters. The van der Waals surface area contributed by atoms with Crippen LogP contribution in [0.15, 0.2) is 18.2 Å². The standard InChI is InChI=1S/C10H12O4/c1-6-7(4-3-5-8(6)11)9(12)10(13)14-2/h3-5,9,11-12H,1-2H3. The average molecular weight is 196 g/mol. The van der Waals surface area contributed by atoms with Crippen molar-refractivity contribution in [2.45, 2.75) is 13.0 Å². The van der Waals surface area contributed by atoms with Crippen LogP contribution < -0.4 is 0 Å². The van der Waals surface area contributed by atoms with Gasteiger partial charge in [-0.3, -0.25) is 0 Å². The second-order valence-corrected chi connectivity index (χ2v) is 2.92. The summed E-state index contributed by atoms with van der Waals surface area (Å²) in [6, 6.07) is 4.61. The molecule has 1 aromatic rings. The lowest BCUT2D eigenvalue weighted by Gasteiger charge is -2.11. The first-order valence-corrected chi connectivity index (χ1v) is 4.12. The molecule has 0 bridgehead atoms. The third-order valence-electron chi connectivity index (χ3n) is 2.07. The Kier molecular flexibility index (Phi) is 3.09. The number of benzene rings is 1. The maximum absolute atomic E-state index is 11.0. The fourth-order valence-corrected chi connectivity index (χ4v) is 1.18. The average Bonchev–Trinajstić information content (AvgIpc) is 2.20. The van der Waals surface area contributed by atoms with E-state index in [9.17, 15) is 15.0 Å². The van der Waals surface area contributed by atoms with Gasteiger partial charge in [-0.15, -0.1) is 0 Å². The number of hydrogen-bond donors (Lipinski definition) is 2.